The first kappa shape index (κ1) is 12.4. The molecule has 1 aliphatic rings. The normalized spacial score (nSPS) is 24.5. The van der Waals surface area contributed by atoms with Gasteiger partial charge in [-0.25, -0.2) is 0 Å². The predicted molar refractivity (Wildman–Crippen MR) is 57.3 cm³/mol. The third-order valence-corrected chi connectivity index (χ3v) is 3.02. The number of nitrogens with one attached hydrogen (secondary N) is 1. The van der Waals surface area contributed by atoms with Crippen LogP contribution in [0, 0.1) is 0 Å². The molecule has 0 saturated heterocycles. The molecule has 1 fully saturated rings. The predicted octanol–water partition coefficient (Wildman–Crippen LogP) is 2.32. The maximum Gasteiger partial charge on any atom is 0.416 e. The highest BCUT2D eigenvalue weighted by Gasteiger charge is 2.33. The van der Waals surface area contributed by atoms with Crippen molar-refractivity contribution in [3.8, 4) is 0 Å². The van der Waals surface area contributed by atoms with Crippen molar-refractivity contribution in [1.29, 1.82) is 0 Å². The van der Waals surface area contributed by atoms with Gasteiger partial charge in [0.25, 0.3) is 0 Å². The fraction of sp³-hybridized carbons (Fsp3) is 0.500. The van der Waals surface area contributed by atoms with Crippen molar-refractivity contribution >= 4 is 0 Å². The van der Waals surface area contributed by atoms with Crippen molar-refractivity contribution in [1.82, 2.24) is 5.32 Å². The molecular formula is C12H14F3NO. The van der Waals surface area contributed by atoms with E-state index in [0.717, 1.165) is 6.07 Å². The van der Waals surface area contributed by atoms with Gasteiger partial charge in [-0.2, -0.15) is 13.2 Å². The monoisotopic (exact) mass is 245 g/mol. The van der Waals surface area contributed by atoms with E-state index in [9.17, 15) is 13.2 Å². The standard InChI is InChI=1S/C12H14F3NO/c13-12(14,15)11-4-2-1-3-8(11)7-16-9-5-10(17)6-9/h1-4,9-10,16-17H,5-7H2. The minimum absolute atomic E-state index is 0.131. The summed E-state index contributed by atoms with van der Waals surface area (Å²) in [5.74, 6) is 0. The lowest BCUT2D eigenvalue weighted by Gasteiger charge is -2.32. The van der Waals surface area contributed by atoms with Crippen molar-refractivity contribution in [2.45, 2.75) is 37.7 Å². The fourth-order valence-electron chi connectivity index (χ4n) is 1.96. The zero-order chi connectivity index (χ0) is 12.5. The van der Waals surface area contributed by atoms with Crippen molar-refractivity contribution < 1.29 is 18.3 Å². The summed E-state index contributed by atoms with van der Waals surface area (Å²) in [7, 11) is 0. The Kier molecular flexibility index (Phi) is 3.40. The quantitative estimate of drug-likeness (QED) is 0.856. The average Bonchev–Trinajstić information content (AvgIpc) is 2.22. The van der Waals surface area contributed by atoms with E-state index in [1.54, 1.807) is 6.07 Å². The van der Waals surface area contributed by atoms with Crippen LogP contribution in [0.1, 0.15) is 24.0 Å². The molecule has 0 unspecified atom stereocenters. The van der Waals surface area contributed by atoms with Crippen LogP contribution < -0.4 is 5.32 Å². The topological polar surface area (TPSA) is 32.3 Å². The van der Waals surface area contributed by atoms with Gasteiger partial charge in [0.2, 0.25) is 0 Å². The first-order valence-corrected chi connectivity index (χ1v) is 5.53. The maximum atomic E-state index is 12.7. The zero-order valence-corrected chi connectivity index (χ0v) is 9.17. The molecule has 0 bridgehead atoms. The van der Waals surface area contributed by atoms with Gasteiger partial charge >= 0.3 is 6.18 Å². The maximum absolute atomic E-state index is 12.7. The van der Waals surface area contributed by atoms with Gasteiger partial charge in [0.15, 0.2) is 0 Å². The summed E-state index contributed by atoms with van der Waals surface area (Å²) in [5.41, 5.74) is -0.339. The van der Waals surface area contributed by atoms with Crippen LogP contribution in [0.25, 0.3) is 0 Å². The molecule has 0 spiro atoms. The van der Waals surface area contributed by atoms with Gasteiger partial charge in [0, 0.05) is 12.6 Å². The van der Waals surface area contributed by atoms with Crippen LogP contribution in [0.4, 0.5) is 13.2 Å². The van der Waals surface area contributed by atoms with Gasteiger partial charge in [-0.3, -0.25) is 0 Å². The van der Waals surface area contributed by atoms with E-state index in [2.05, 4.69) is 5.32 Å². The highest BCUT2D eigenvalue weighted by molar-refractivity contribution is 5.29. The van der Waals surface area contributed by atoms with Crippen LogP contribution in [-0.4, -0.2) is 17.3 Å². The van der Waals surface area contributed by atoms with Crippen LogP contribution in [0.3, 0.4) is 0 Å². The molecule has 2 nitrogen and oxygen atoms in total. The Balaban J connectivity index is 2.00. The summed E-state index contributed by atoms with van der Waals surface area (Å²) in [4.78, 5) is 0. The van der Waals surface area contributed by atoms with E-state index >= 15 is 0 Å². The Morgan fingerprint density at radius 1 is 1.24 bits per heavy atom. The Bertz CT molecular complexity index is 386. The molecule has 1 aliphatic carbocycles. The van der Waals surface area contributed by atoms with Gasteiger partial charge in [0.1, 0.15) is 0 Å². The smallest absolute Gasteiger partial charge is 0.393 e. The molecule has 5 heteroatoms. The number of rotatable bonds is 3. The van der Waals surface area contributed by atoms with Gasteiger partial charge < -0.3 is 10.4 Å². The second-order valence-corrected chi connectivity index (χ2v) is 4.36. The van der Waals surface area contributed by atoms with Crippen LogP contribution in [0.2, 0.25) is 0 Å². The summed E-state index contributed by atoms with van der Waals surface area (Å²) in [6.07, 6.45) is -3.37. The molecule has 1 aromatic rings. The molecule has 0 aromatic heterocycles. The Hall–Kier alpha value is -1.07. The summed E-state index contributed by atoms with van der Waals surface area (Å²) in [6.45, 7) is 0.188. The molecule has 0 aliphatic heterocycles. The Morgan fingerprint density at radius 3 is 2.47 bits per heavy atom. The molecule has 17 heavy (non-hydrogen) atoms. The first-order valence-electron chi connectivity index (χ1n) is 5.53. The third-order valence-electron chi connectivity index (χ3n) is 3.02. The van der Waals surface area contributed by atoms with Crippen LogP contribution in [0.15, 0.2) is 24.3 Å². The van der Waals surface area contributed by atoms with E-state index in [4.69, 9.17) is 5.11 Å². The van der Waals surface area contributed by atoms with Crippen LogP contribution in [-0.2, 0) is 12.7 Å². The average molecular weight is 245 g/mol. The molecule has 0 atom stereocenters. The highest BCUT2D eigenvalue weighted by Crippen LogP contribution is 2.32. The van der Waals surface area contributed by atoms with Crippen molar-refractivity contribution in [3.63, 3.8) is 0 Å². The molecule has 94 valence electrons. The molecule has 2 N–H and O–H groups in total. The summed E-state index contributed by atoms with van der Waals surface area (Å²) in [6, 6.07) is 5.69. The van der Waals surface area contributed by atoms with Crippen LogP contribution >= 0.6 is 0 Å². The number of aliphatic hydroxyl groups is 1. The molecule has 0 heterocycles. The number of halogens is 3. The number of hydrogen-bond donors (Lipinski definition) is 2. The van der Waals surface area contributed by atoms with Gasteiger partial charge in [-0.05, 0) is 24.5 Å². The number of alkyl halides is 3. The molecule has 1 saturated carbocycles. The molecule has 0 radical (unpaired) electrons. The number of aliphatic hydroxyl groups excluding tert-OH is 1. The lowest BCUT2D eigenvalue weighted by atomic mass is 9.89. The Morgan fingerprint density at radius 2 is 1.88 bits per heavy atom. The van der Waals surface area contributed by atoms with Crippen molar-refractivity contribution in [3.05, 3.63) is 35.4 Å². The SMILES string of the molecule is OC1CC(NCc2ccccc2C(F)(F)F)C1. The summed E-state index contributed by atoms with van der Waals surface area (Å²) >= 11 is 0. The molecule has 1 aromatic carbocycles. The lowest BCUT2D eigenvalue weighted by Crippen LogP contribution is -2.43. The molecular weight excluding hydrogens is 231 g/mol. The highest BCUT2D eigenvalue weighted by atomic mass is 19.4. The van der Waals surface area contributed by atoms with E-state index in [-0.39, 0.29) is 24.3 Å². The first-order chi connectivity index (χ1) is 7.97. The largest absolute Gasteiger partial charge is 0.416 e. The lowest BCUT2D eigenvalue weighted by molar-refractivity contribution is -0.138. The van der Waals surface area contributed by atoms with Gasteiger partial charge in [-0.15, -0.1) is 0 Å². The third kappa shape index (κ3) is 2.98. The van der Waals surface area contributed by atoms with Crippen LogP contribution in [0.5, 0.6) is 0 Å². The summed E-state index contributed by atoms with van der Waals surface area (Å²) in [5, 5.41) is 12.1. The van der Waals surface area contributed by atoms with E-state index in [1.807, 2.05) is 0 Å². The van der Waals surface area contributed by atoms with Gasteiger partial charge in [0.05, 0.1) is 11.7 Å². The number of hydrogen-bond acceptors (Lipinski definition) is 2. The van der Waals surface area contributed by atoms with E-state index < -0.39 is 11.7 Å². The number of benzene rings is 1. The second kappa shape index (κ2) is 4.66. The molecule has 2 rings (SSSR count). The van der Waals surface area contributed by atoms with Crippen molar-refractivity contribution in [2.24, 2.45) is 0 Å². The minimum Gasteiger partial charge on any atom is -0.393 e. The van der Waals surface area contributed by atoms with Crippen molar-refractivity contribution in [2.75, 3.05) is 0 Å². The molecule has 0 amide bonds. The Labute approximate surface area is 97.5 Å². The fourth-order valence-corrected chi connectivity index (χ4v) is 1.96. The van der Waals surface area contributed by atoms with E-state index in [0.29, 0.717) is 12.8 Å². The minimum atomic E-state index is -4.31. The second-order valence-electron chi connectivity index (χ2n) is 4.36. The van der Waals surface area contributed by atoms with Gasteiger partial charge in [-0.1, -0.05) is 18.2 Å². The van der Waals surface area contributed by atoms with E-state index in [1.165, 1.54) is 12.1 Å². The summed E-state index contributed by atoms with van der Waals surface area (Å²) < 4.78 is 38.0. The zero-order valence-electron chi connectivity index (χ0n) is 9.17.